The molecule has 0 saturated heterocycles. The minimum Gasteiger partial charge on any atom is -0.481 e. The van der Waals surface area contributed by atoms with Gasteiger partial charge in [0, 0.05) is 24.9 Å². The lowest BCUT2D eigenvalue weighted by molar-refractivity contribution is 0.397. The van der Waals surface area contributed by atoms with Gasteiger partial charge in [0.15, 0.2) is 11.5 Å². The van der Waals surface area contributed by atoms with Gasteiger partial charge in [0.25, 0.3) is 0 Å². The lowest BCUT2D eigenvalue weighted by atomic mass is 10.1. The van der Waals surface area contributed by atoms with Crippen LogP contribution in [0.2, 0.25) is 0 Å². The van der Waals surface area contributed by atoms with Crippen LogP contribution < -0.4 is 4.74 Å². The number of pyridine rings is 1. The van der Waals surface area contributed by atoms with Crippen molar-refractivity contribution in [3.05, 3.63) is 30.4 Å². The maximum atomic E-state index is 5.10. The van der Waals surface area contributed by atoms with Gasteiger partial charge in [0.05, 0.1) is 19.6 Å². The highest BCUT2D eigenvalue weighted by Crippen LogP contribution is 2.23. The molecule has 0 aliphatic carbocycles. The van der Waals surface area contributed by atoms with E-state index in [1.165, 1.54) is 0 Å². The molecule has 3 rings (SSSR count). The normalized spacial score (nSPS) is 10.9. The molecule has 0 unspecified atom stereocenters. The van der Waals surface area contributed by atoms with Crippen molar-refractivity contribution in [2.75, 3.05) is 7.11 Å². The Labute approximate surface area is 110 Å². The van der Waals surface area contributed by atoms with E-state index in [-0.39, 0.29) is 0 Å². The highest BCUT2D eigenvalue weighted by atomic mass is 16.5. The Morgan fingerprint density at radius 3 is 2.74 bits per heavy atom. The SMILES string of the molecule is COc1cc(C)c(-c2ncc3ncn(C)c3n2)cn1. The van der Waals surface area contributed by atoms with E-state index in [4.69, 9.17) is 4.74 Å². The molecule has 0 aliphatic rings. The number of aromatic nitrogens is 5. The Balaban J connectivity index is 2.15. The van der Waals surface area contributed by atoms with Crippen LogP contribution in [0.15, 0.2) is 24.8 Å². The third-order valence-electron chi connectivity index (χ3n) is 2.99. The van der Waals surface area contributed by atoms with Crippen molar-refractivity contribution in [1.29, 1.82) is 0 Å². The highest BCUT2D eigenvalue weighted by molar-refractivity contribution is 5.73. The topological polar surface area (TPSA) is 65.7 Å². The Morgan fingerprint density at radius 2 is 2.00 bits per heavy atom. The lowest BCUT2D eigenvalue weighted by Gasteiger charge is -2.06. The molecule has 0 aliphatic heterocycles. The van der Waals surface area contributed by atoms with Gasteiger partial charge in [0.2, 0.25) is 5.88 Å². The molecule has 0 fully saturated rings. The van der Waals surface area contributed by atoms with Crippen molar-refractivity contribution in [2.45, 2.75) is 6.92 Å². The molecule has 6 nitrogen and oxygen atoms in total. The Hall–Kier alpha value is -2.50. The summed E-state index contributed by atoms with van der Waals surface area (Å²) in [6.07, 6.45) is 5.18. The Kier molecular flexibility index (Phi) is 2.63. The number of fused-ring (bicyclic) bond motifs is 1. The first-order valence-electron chi connectivity index (χ1n) is 5.84. The highest BCUT2D eigenvalue weighted by Gasteiger charge is 2.10. The maximum absolute atomic E-state index is 5.10. The zero-order valence-corrected chi connectivity index (χ0v) is 11.0. The average Bonchev–Trinajstić information content (AvgIpc) is 2.80. The molecule has 0 N–H and O–H groups in total. The zero-order chi connectivity index (χ0) is 13.4. The summed E-state index contributed by atoms with van der Waals surface area (Å²) in [5, 5.41) is 0. The van der Waals surface area contributed by atoms with Gasteiger partial charge in [-0.25, -0.2) is 19.9 Å². The molecule has 0 spiro atoms. The van der Waals surface area contributed by atoms with Crippen LogP contribution in [0.5, 0.6) is 5.88 Å². The molecule has 0 aromatic carbocycles. The first-order valence-corrected chi connectivity index (χ1v) is 5.84. The molecule has 3 aromatic heterocycles. The second-order valence-electron chi connectivity index (χ2n) is 4.30. The molecule has 19 heavy (non-hydrogen) atoms. The fraction of sp³-hybridized carbons (Fsp3) is 0.231. The van der Waals surface area contributed by atoms with Crippen LogP contribution in [0.25, 0.3) is 22.6 Å². The quantitative estimate of drug-likeness (QED) is 0.697. The van der Waals surface area contributed by atoms with Gasteiger partial charge in [-0.05, 0) is 12.5 Å². The van der Waals surface area contributed by atoms with E-state index < -0.39 is 0 Å². The largest absolute Gasteiger partial charge is 0.481 e. The van der Waals surface area contributed by atoms with Crippen molar-refractivity contribution in [1.82, 2.24) is 24.5 Å². The van der Waals surface area contributed by atoms with Gasteiger partial charge in [-0.15, -0.1) is 0 Å². The predicted octanol–water partition coefficient (Wildman–Crippen LogP) is 1.74. The number of nitrogens with zero attached hydrogens (tertiary/aromatic N) is 5. The number of hydrogen-bond donors (Lipinski definition) is 0. The smallest absolute Gasteiger partial charge is 0.213 e. The monoisotopic (exact) mass is 255 g/mol. The molecule has 0 radical (unpaired) electrons. The van der Waals surface area contributed by atoms with Gasteiger partial charge in [-0.2, -0.15) is 0 Å². The average molecular weight is 255 g/mol. The molecule has 0 bridgehead atoms. The van der Waals surface area contributed by atoms with Gasteiger partial charge in [0.1, 0.15) is 5.52 Å². The van der Waals surface area contributed by atoms with E-state index in [2.05, 4.69) is 19.9 Å². The number of ether oxygens (including phenoxy) is 1. The van der Waals surface area contributed by atoms with Crippen molar-refractivity contribution in [2.24, 2.45) is 7.05 Å². The third kappa shape index (κ3) is 1.91. The summed E-state index contributed by atoms with van der Waals surface area (Å²) in [5.74, 6) is 1.23. The first kappa shape index (κ1) is 11.6. The number of rotatable bonds is 2. The fourth-order valence-electron chi connectivity index (χ4n) is 1.93. The summed E-state index contributed by atoms with van der Waals surface area (Å²) >= 11 is 0. The molecule has 6 heteroatoms. The van der Waals surface area contributed by atoms with Gasteiger partial charge in [-0.1, -0.05) is 0 Å². The predicted molar refractivity (Wildman–Crippen MR) is 70.8 cm³/mol. The summed E-state index contributed by atoms with van der Waals surface area (Å²) in [6.45, 7) is 1.98. The number of imidazole rings is 1. The van der Waals surface area contributed by atoms with E-state index in [1.54, 1.807) is 25.8 Å². The molecule has 3 heterocycles. The summed E-state index contributed by atoms with van der Waals surface area (Å²) in [7, 11) is 3.50. The molecule has 0 atom stereocenters. The maximum Gasteiger partial charge on any atom is 0.213 e. The number of aryl methyl sites for hydroxylation is 2. The molecule has 0 amide bonds. The van der Waals surface area contributed by atoms with E-state index in [1.807, 2.05) is 24.6 Å². The van der Waals surface area contributed by atoms with Crippen molar-refractivity contribution in [3.8, 4) is 17.3 Å². The van der Waals surface area contributed by atoms with Gasteiger partial charge in [-0.3, -0.25) is 0 Å². The van der Waals surface area contributed by atoms with Crippen LogP contribution in [-0.4, -0.2) is 31.6 Å². The Bertz CT molecular complexity index is 750. The molecular weight excluding hydrogens is 242 g/mol. The second kappa shape index (κ2) is 4.31. The van der Waals surface area contributed by atoms with Crippen molar-refractivity contribution < 1.29 is 4.74 Å². The van der Waals surface area contributed by atoms with Crippen molar-refractivity contribution >= 4 is 11.2 Å². The second-order valence-corrected chi connectivity index (χ2v) is 4.30. The van der Waals surface area contributed by atoms with E-state index in [0.29, 0.717) is 11.7 Å². The standard InChI is InChI=1S/C13H13N5O/c1-8-4-11(19-3)14-5-9(8)12-15-6-10-13(17-12)18(2)7-16-10/h4-7H,1-3H3. The molecule has 96 valence electrons. The van der Waals surface area contributed by atoms with Crippen LogP contribution in [0.1, 0.15) is 5.56 Å². The van der Waals surface area contributed by atoms with Gasteiger partial charge >= 0.3 is 0 Å². The lowest BCUT2D eigenvalue weighted by Crippen LogP contribution is -1.96. The molecule has 0 saturated carbocycles. The van der Waals surface area contributed by atoms with Crippen LogP contribution in [0.4, 0.5) is 0 Å². The van der Waals surface area contributed by atoms with Crippen LogP contribution in [0.3, 0.4) is 0 Å². The van der Waals surface area contributed by atoms with Crippen LogP contribution in [0, 0.1) is 6.92 Å². The summed E-state index contributed by atoms with van der Waals surface area (Å²) in [5.41, 5.74) is 3.50. The molecular formula is C13H13N5O. The van der Waals surface area contributed by atoms with E-state index >= 15 is 0 Å². The van der Waals surface area contributed by atoms with Crippen LogP contribution >= 0.6 is 0 Å². The van der Waals surface area contributed by atoms with Crippen LogP contribution in [-0.2, 0) is 7.05 Å². The summed E-state index contributed by atoms with van der Waals surface area (Å²) in [4.78, 5) is 17.3. The fourth-order valence-corrected chi connectivity index (χ4v) is 1.93. The number of hydrogen-bond acceptors (Lipinski definition) is 5. The zero-order valence-electron chi connectivity index (χ0n) is 11.0. The Morgan fingerprint density at radius 1 is 1.16 bits per heavy atom. The van der Waals surface area contributed by atoms with Crippen molar-refractivity contribution in [3.63, 3.8) is 0 Å². The van der Waals surface area contributed by atoms with E-state index in [9.17, 15) is 0 Å². The minimum atomic E-state index is 0.586. The number of methoxy groups -OCH3 is 1. The minimum absolute atomic E-state index is 0.586. The third-order valence-corrected chi connectivity index (χ3v) is 2.99. The van der Waals surface area contributed by atoms with Gasteiger partial charge < -0.3 is 9.30 Å². The summed E-state index contributed by atoms with van der Waals surface area (Å²) < 4.78 is 6.96. The molecule has 3 aromatic rings. The summed E-state index contributed by atoms with van der Waals surface area (Å²) in [6, 6.07) is 1.87. The first-order chi connectivity index (χ1) is 9.19. The van der Waals surface area contributed by atoms with E-state index in [0.717, 1.165) is 22.3 Å².